The van der Waals surface area contributed by atoms with Gasteiger partial charge < -0.3 is 5.73 Å². The molecule has 0 aliphatic heterocycles. The van der Waals surface area contributed by atoms with Gasteiger partial charge in [0.05, 0.1) is 10.6 Å². The minimum Gasteiger partial charge on any atom is -0.324 e. The van der Waals surface area contributed by atoms with Crippen LogP contribution in [-0.4, -0.2) is 8.42 Å². The number of anilines is 1. The number of hydrogen-bond acceptors (Lipinski definition) is 3. The monoisotopic (exact) mass is 372 g/mol. The van der Waals surface area contributed by atoms with E-state index in [0.717, 1.165) is 0 Å². The van der Waals surface area contributed by atoms with Gasteiger partial charge in [0, 0.05) is 10.5 Å². The van der Waals surface area contributed by atoms with Crippen LogP contribution in [0, 0.1) is 5.82 Å². The van der Waals surface area contributed by atoms with E-state index >= 15 is 0 Å². The van der Waals surface area contributed by atoms with Crippen molar-refractivity contribution >= 4 is 31.6 Å². The summed E-state index contributed by atoms with van der Waals surface area (Å²) >= 11 is 3.12. The molecule has 4 nitrogen and oxygen atoms in total. The molecule has 0 amide bonds. The first-order valence-electron chi connectivity index (χ1n) is 6.13. The maximum Gasteiger partial charge on any atom is 0.261 e. The summed E-state index contributed by atoms with van der Waals surface area (Å²) in [6.45, 7) is 1.76. The summed E-state index contributed by atoms with van der Waals surface area (Å²) in [5.41, 5.74) is 6.32. The Morgan fingerprint density at radius 1 is 1.24 bits per heavy atom. The average Bonchev–Trinajstić information content (AvgIpc) is 2.42. The lowest BCUT2D eigenvalue weighted by atomic mass is 10.1. The molecule has 0 saturated carbocycles. The molecule has 0 aliphatic rings. The Bertz CT molecular complexity index is 763. The van der Waals surface area contributed by atoms with Gasteiger partial charge in [-0.15, -0.1) is 0 Å². The van der Waals surface area contributed by atoms with Crippen LogP contribution in [0.4, 0.5) is 10.1 Å². The number of benzene rings is 2. The standard InChI is InChI=1S/C14H14BrFN2O2S/c1-9(17)10-3-2-4-12(7-10)21(19,20)18-14-6-5-11(15)8-13(14)16/h2-9,18H,17H2,1H3. The highest BCUT2D eigenvalue weighted by Crippen LogP contribution is 2.23. The summed E-state index contributed by atoms with van der Waals surface area (Å²) in [6.07, 6.45) is 0. The molecule has 0 aliphatic carbocycles. The average molecular weight is 373 g/mol. The lowest BCUT2D eigenvalue weighted by Gasteiger charge is -2.11. The van der Waals surface area contributed by atoms with Gasteiger partial charge in [-0.25, -0.2) is 12.8 Å². The van der Waals surface area contributed by atoms with Crippen molar-refractivity contribution in [3.8, 4) is 0 Å². The van der Waals surface area contributed by atoms with Gasteiger partial charge in [0.2, 0.25) is 0 Å². The second kappa shape index (κ2) is 6.13. The maximum atomic E-state index is 13.7. The molecule has 1 unspecified atom stereocenters. The van der Waals surface area contributed by atoms with Crippen LogP contribution >= 0.6 is 15.9 Å². The second-order valence-corrected chi connectivity index (χ2v) is 7.19. The predicted octanol–water partition coefficient (Wildman–Crippen LogP) is 3.41. The number of nitrogens with two attached hydrogens (primary N) is 1. The van der Waals surface area contributed by atoms with E-state index < -0.39 is 15.8 Å². The van der Waals surface area contributed by atoms with Gasteiger partial charge in [-0.3, -0.25) is 4.72 Å². The van der Waals surface area contributed by atoms with Gasteiger partial charge in [0.25, 0.3) is 10.0 Å². The van der Waals surface area contributed by atoms with Gasteiger partial charge in [-0.2, -0.15) is 0 Å². The van der Waals surface area contributed by atoms with Gasteiger partial charge in [-0.1, -0.05) is 28.1 Å². The zero-order valence-corrected chi connectivity index (χ0v) is 13.6. The van der Waals surface area contributed by atoms with Crippen LogP contribution in [0.15, 0.2) is 51.8 Å². The Balaban J connectivity index is 2.36. The molecular formula is C14H14BrFN2O2S. The van der Waals surface area contributed by atoms with E-state index in [1.807, 2.05) is 0 Å². The number of sulfonamides is 1. The van der Waals surface area contributed by atoms with Crippen LogP contribution in [-0.2, 0) is 10.0 Å². The van der Waals surface area contributed by atoms with Gasteiger partial charge in [0.15, 0.2) is 0 Å². The van der Waals surface area contributed by atoms with Crippen LogP contribution in [0.5, 0.6) is 0 Å². The molecule has 0 bridgehead atoms. The Morgan fingerprint density at radius 3 is 2.57 bits per heavy atom. The molecule has 0 spiro atoms. The summed E-state index contributed by atoms with van der Waals surface area (Å²) in [5, 5.41) is 0. The minimum atomic E-state index is -3.87. The van der Waals surface area contributed by atoms with Crippen molar-refractivity contribution in [2.75, 3.05) is 4.72 Å². The fraction of sp³-hybridized carbons (Fsp3) is 0.143. The fourth-order valence-electron chi connectivity index (χ4n) is 1.74. The van der Waals surface area contributed by atoms with Crippen molar-refractivity contribution in [3.63, 3.8) is 0 Å². The third-order valence-electron chi connectivity index (χ3n) is 2.87. The molecule has 112 valence electrons. The highest BCUT2D eigenvalue weighted by Gasteiger charge is 2.17. The highest BCUT2D eigenvalue weighted by atomic mass is 79.9. The first kappa shape index (κ1) is 15.9. The van der Waals surface area contributed by atoms with E-state index in [2.05, 4.69) is 20.7 Å². The topological polar surface area (TPSA) is 72.2 Å². The Hall–Kier alpha value is -1.44. The van der Waals surface area contributed by atoms with E-state index in [-0.39, 0.29) is 16.6 Å². The van der Waals surface area contributed by atoms with Gasteiger partial charge >= 0.3 is 0 Å². The molecule has 0 heterocycles. The first-order valence-corrected chi connectivity index (χ1v) is 8.40. The Morgan fingerprint density at radius 2 is 1.95 bits per heavy atom. The van der Waals surface area contributed by atoms with E-state index in [1.165, 1.54) is 24.3 Å². The molecule has 2 aromatic rings. The lowest BCUT2D eigenvalue weighted by molar-refractivity contribution is 0.598. The molecule has 0 saturated heterocycles. The predicted molar refractivity (Wildman–Crippen MR) is 84.0 cm³/mol. The summed E-state index contributed by atoms with van der Waals surface area (Å²) in [4.78, 5) is 0.0413. The zero-order chi connectivity index (χ0) is 15.6. The van der Waals surface area contributed by atoms with Crippen molar-refractivity contribution in [3.05, 3.63) is 58.3 Å². The smallest absolute Gasteiger partial charge is 0.261 e. The summed E-state index contributed by atoms with van der Waals surface area (Å²) in [7, 11) is -3.87. The summed E-state index contributed by atoms with van der Waals surface area (Å²) < 4.78 is 41.1. The van der Waals surface area contributed by atoms with Crippen molar-refractivity contribution in [2.24, 2.45) is 5.73 Å². The van der Waals surface area contributed by atoms with Crippen LogP contribution in [0.25, 0.3) is 0 Å². The third kappa shape index (κ3) is 3.81. The molecule has 0 radical (unpaired) electrons. The Labute approximate surface area is 131 Å². The molecule has 0 aromatic heterocycles. The molecule has 3 N–H and O–H groups in total. The summed E-state index contributed by atoms with van der Waals surface area (Å²) in [5.74, 6) is -0.656. The van der Waals surface area contributed by atoms with Crippen LogP contribution in [0.2, 0.25) is 0 Å². The van der Waals surface area contributed by atoms with Crippen molar-refractivity contribution in [1.82, 2.24) is 0 Å². The largest absolute Gasteiger partial charge is 0.324 e. The van der Waals surface area contributed by atoms with Crippen molar-refractivity contribution < 1.29 is 12.8 Å². The maximum absolute atomic E-state index is 13.7. The van der Waals surface area contributed by atoms with Crippen molar-refractivity contribution in [2.45, 2.75) is 17.9 Å². The second-order valence-electron chi connectivity index (χ2n) is 4.59. The molecule has 2 rings (SSSR count). The number of nitrogens with one attached hydrogen (secondary N) is 1. The number of rotatable bonds is 4. The van der Waals surface area contributed by atoms with Crippen LogP contribution in [0.1, 0.15) is 18.5 Å². The van der Waals surface area contributed by atoms with E-state index in [4.69, 9.17) is 5.73 Å². The van der Waals surface area contributed by atoms with Gasteiger partial charge in [0.1, 0.15) is 5.82 Å². The van der Waals surface area contributed by atoms with E-state index in [0.29, 0.717) is 10.0 Å². The fourth-order valence-corrected chi connectivity index (χ4v) is 3.20. The number of halogens is 2. The van der Waals surface area contributed by atoms with Crippen molar-refractivity contribution in [1.29, 1.82) is 0 Å². The Kier molecular flexibility index (Phi) is 4.65. The molecule has 2 aromatic carbocycles. The van der Waals surface area contributed by atoms with Crippen LogP contribution < -0.4 is 10.5 Å². The third-order valence-corrected chi connectivity index (χ3v) is 4.73. The zero-order valence-electron chi connectivity index (χ0n) is 11.2. The first-order chi connectivity index (χ1) is 9.79. The van der Waals surface area contributed by atoms with E-state index in [9.17, 15) is 12.8 Å². The molecule has 7 heteroatoms. The minimum absolute atomic E-state index is 0.0413. The quantitative estimate of drug-likeness (QED) is 0.863. The normalized spacial score (nSPS) is 13.0. The summed E-state index contributed by atoms with van der Waals surface area (Å²) in [6, 6.07) is 10.1. The number of hydrogen-bond donors (Lipinski definition) is 2. The van der Waals surface area contributed by atoms with E-state index in [1.54, 1.807) is 25.1 Å². The molecule has 1 atom stereocenters. The SMILES string of the molecule is CC(N)c1cccc(S(=O)(=O)Nc2ccc(Br)cc2F)c1. The molecule has 21 heavy (non-hydrogen) atoms. The van der Waals surface area contributed by atoms with Crippen LogP contribution in [0.3, 0.4) is 0 Å². The molecule has 0 fully saturated rings. The highest BCUT2D eigenvalue weighted by molar-refractivity contribution is 9.10. The molecular weight excluding hydrogens is 359 g/mol. The lowest BCUT2D eigenvalue weighted by Crippen LogP contribution is -2.15. The van der Waals surface area contributed by atoms with Gasteiger partial charge in [-0.05, 0) is 42.8 Å².